The first kappa shape index (κ1) is 23.9. The molecule has 1 heterocycles. The van der Waals surface area contributed by atoms with Crippen molar-refractivity contribution in [3.05, 3.63) is 23.8 Å². The van der Waals surface area contributed by atoms with Crippen LogP contribution in [-0.2, 0) is 20.3 Å². The van der Waals surface area contributed by atoms with E-state index >= 15 is 0 Å². The minimum absolute atomic E-state index is 0. The molecule has 8 nitrogen and oxygen atoms in total. The summed E-state index contributed by atoms with van der Waals surface area (Å²) in [5.41, 5.74) is 0.523. The van der Waals surface area contributed by atoms with Crippen molar-refractivity contribution in [1.29, 1.82) is 0 Å². The molecule has 24 heavy (non-hydrogen) atoms. The smallest absolute Gasteiger partial charge is 0.464 e. The van der Waals surface area contributed by atoms with Gasteiger partial charge >= 0.3 is 39.7 Å². The number of rotatable bonds is 4. The van der Waals surface area contributed by atoms with E-state index in [1.54, 1.807) is 18.2 Å². The molecule has 132 valence electrons. The van der Waals surface area contributed by atoms with Crippen LogP contribution in [0.3, 0.4) is 0 Å². The number of hydrogen-bond acceptors (Lipinski definition) is 8. The van der Waals surface area contributed by atoms with E-state index in [0.717, 1.165) is 11.8 Å². The molecular formula is C13H18ClNaO8S. The fourth-order valence-corrected chi connectivity index (χ4v) is 2.58. The summed E-state index contributed by atoms with van der Waals surface area (Å²) in [5, 5.41) is 0. The molecule has 0 saturated heterocycles. The fraction of sp³-hybridized carbons (Fsp3) is 0.538. The minimum atomic E-state index is -3.53. The van der Waals surface area contributed by atoms with E-state index in [1.165, 1.54) is 0 Å². The molecule has 2 rings (SSSR count). The van der Waals surface area contributed by atoms with Crippen molar-refractivity contribution in [3.8, 4) is 11.5 Å². The van der Waals surface area contributed by atoms with Crippen LogP contribution < -0.4 is 52.5 Å². The topological polar surface area (TPSA) is 131 Å². The monoisotopic (exact) mass is 392 g/mol. The van der Waals surface area contributed by atoms with Gasteiger partial charge < -0.3 is 27.6 Å². The number of fused-ring (bicyclic) bond motifs is 1. The number of ether oxygens (including phenoxy) is 2. The molecule has 0 aliphatic carbocycles. The molecule has 0 radical (unpaired) electrons. The quantitative estimate of drug-likeness (QED) is 0.370. The molecule has 1 aliphatic rings. The Bertz CT molecular complexity index is 632. The zero-order valence-electron chi connectivity index (χ0n) is 14.1. The Labute approximate surface area is 166 Å². The zero-order chi connectivity index (χ0) is 17.8. The van der Waals surface area contributed by atoms with Crippen LogP contribution in [0.4, 0.5) is 0 Å². The van der Waals surface area contributed by atoms with Crippen LogP contribution in [0.15, 0.2) is 18.2 Å². The molecule has 1 aromatic carbocycles. The molecule has 1 unspecified atom stereocenters. The fourth-order valence-electron chi connectivity index (χ4n) is 2.13. The second-order valence-corrected chi connectivity index (χ2v) is 7.21. The summed E-state index contributed by atoms with van der Waals surface area (Å²) in [6.07, 6.45) is 0.645. The predicted octanol–water partition coefficient (Wildman–Crippen LogP) is -4.51. The van der Waals surface area contributed by atoms with Gasteiger partial charge in [0.15, 0.2) is 0 Å². The van der Waals surface area contributed by atoms with Crippen molar-refractivity contribution in [1.82, 2.24) is 0 Å². The Hall–Kier alpha value is -0.100. The van der Waals surface area contributed by atoms with Gasteiger partial charge in [-0.2, -0.15) is 8.42 Å². The summed E-state index contributed by atoms with van der Waals surface area (Å²) < 4.78 is 63.7. The molecule has 11 heteroatoms. The molecule has 0 spiro atoms. The van der Waals surface area contributed by atoms with Crippen LogP contribution in [0.25, 0.3) is 0 Å². The molecule has 0 N–H and O–H groups in total. The van der Waals surface area contributed by atoms with Crippen LogP contribution in [0.1, 0.15) is 26.3 Å². The van der Waals surface area contributed by atoms with E-state index in [0.29, 0.717) is 12.4 Å². The van der Waals surface area contributed by atoms with Crippen molar-refractivity contribution in [2.24, 2.45) is 0 Å². The van der Waals surface area contributed by atoms with Crippen LogP contribution in [0.2, 0.25) is 0 Å². The summed E-state index contributed by atoms with van der Waals surface area (Å²) in [4.78, 5) is 0. The average Bonchev–Trinajstić information content (AvgIpc) is 2.60. The van der Waals surface area contributed by atoms with Gasteiger partial charge in [0, 0.05) is 12.2 Å². The van der Waals surface area contributed by atoms with Gasteiger partial charge in [0.05, 0.1) is 22.5 Å². The van der Waals surface area contributed by atoms with E-state index in [9.17, 15) is 8.42 Å². The van der Waals surface area contributed by atoms with Gasteiger partial charge in [0.1, 0.15) is 11.5 Å². The van der Waals surface area contributed by atoms with Gasteiger partial charge in [0.25, 0.3) is 0 Å². The second-order valence-electron chi connectivity index (χ2n) is 5.26. The first-order valence-electron chi connectivity index (χ1n) is 6.52. The van der Waals surface area contributed by atoms with Gasteiger partial charge in [-0.05, 0) is 39.0 Å². The minimum Gasteiger partial charge on any atom is -0.464 e. The first-order chi connectivity index (χ1) is 10.5. The number of benzene rings is 1. The third kappa shape index (κ3) is 7.03. The van der Waals surface area contributed by atoms with Crippen LogP contribution in [0.5, 0.6) is 11.5 Å². The predicted molar refractivity (Wildman–Crippen MR) is 71.0 cm³/mol. The van der Waals surface area contributed by atoms with Gasteiger partial charge in [-0.3, -0.25) is 0 Å². The second kappa shape index (κ2) is 9.56. The Morgan fingerprint density at radius 3 is 2.29 bits per heavy atom. The van der Waals surface area contributed by atoms with Gasteiger partial charge in [-0.1, -0.05) is 0 Å². The van der Waals surface area contributed by atoms with Crippen molar-refractivity contribution >= 4 is 10.1 Å². The summed E-state index contributed by atoms with van der Waals surface area (Å²) in [5.74, 6) is 0.986. The normalized spacial score (nSPS) is 17.9. The molecule has 0 aromatic heterocycles. The maximum atomic E-state index is 11.2. The molecular weight excluding hydrogens is 375 g/mol. The Morgan fingerprint density at radius 1 is 1.29 bits per heavy atom. The van der Waals surface area contributed by atoms with E-state index in [1.807, 2.05) is 20.8 Å². The maximum Gasteiger partial charge on any atom is 1.00 e. The standard InChI is InChI=1S/C13H18O5S.ClO3.Na/c1-5-16-12-13(2,3)10-8-9(18-19(4,14)15)6-7-11(10)17-12;2-1(3)4;/h6-8,12H,5H2,1-4H3;;/q;-1;+1. The summed E-state index contributed by atoms with van der Waals surface area (Å²) in [6, 6.07) is 4.97. The Morgan fingerprint density at radius 2 is 1.83 bits per heavy atom. The Balaban J connectivity index is 0.000000954. The summed E-state index contributed by atoms with van der Waals surface area (Å²) >= 11 is 0. The van der Waals surface area contributed by atoms with E-state index in [-0.39, 0.29) is 47.0 Å². The van der Waals surface area contributed by atoms with Crippen molar-refractivity contribution in [3.63, 3.8) is 0 Å². The zero-order valence-corrected chi connectivity index (χ0v) is 17.6. The van der Waals surface area contributed by atoms with Crippen LogP contribution in [0, 0.1) is 10.8 Å². The molecule has 0 bridgehead atoms. The molecule has 1 atom stereocenters. The summed E-state index contributed by atoms with van der Waals surface area (Å²) in [6.45, 7) is 6.43. The maximum absolute atomic E-state index is 11.2. The molecule has 0 saturated carbocycles. The van der Waals surface area contributed by atoms with E-state index < -0.39 is 20.9 Å². The van der Waals surface area contributed by atoms with Gasteiger partial charge in [0.2, 0.25) is 6.29 Å². The van der Waals surface area contributed by atoms with Crippen molar-refractivity contribution < 1.29 is 76.4 Å². The van der Waals surface area contributed by atoms with E-state index in [4.69, 9.17) is 27.6 Å². The van der Waals surface area contributed by atoms with Gasteiger partial charge in [-0.25, -0.2) is 0 Å². The largest absolute Gasteiger partial charge is 1.00 e. The first-order valence-corrected chi connectivity index (χ1v) is 9.27. The third-order valence-corrected chi connectivity index (χ3v) is 3.53. The molecule has 0 fully saturated rings. The van der Waals surface area contributed by atoms with Gasteiger partial charge in [-0.15, -0.1) is 0 Å². The number of hydrogen-bond donors (Lipinski definition) is 0. The number of halogens is 1. The molecule has 1 aromatic rings. The molecule has 0 amide bonds. The SMILES string of the molecule is CCOC1Oc2ccc(OS(C)(=O)=O)cc2C1(C)C.[Na+].[O-][Cl+2]([O-])[O-]. The van der Waals surface area contributed by atoms with E-state index in [2.05, 4.69) is 0 Å². The van der Waals surface area contributed by atoms with Crippen LogP contribution in [-0.4, -0.2) is 27.6 Å². The average molecular weight is 393 g/mol. The molecule has 1 aliphatic heterocycles. The Kier molecular flexibility index (Phi) is 9.52. The third-order valence-electron chi connectivity index (χ3n) is 3.03. The van der Waals surface area contributed by atoms with Crippen molar-refractivity contribution in [2.45, 2.75) is 32.5 Å². The van der Waals surface area contributed by atoms with Crippen molar-refractivity contribution in [2.75, 3.05) is 12.9 Å². The summed E-state index contributed by atoms with van der Waals surface area (Å²) in [7, 11) is -6.38. The van der Waals surface area contributed by atoms with Crippen LogP contribution >= 0.6 is 0 Å².